The number of aliphatic hydroxyl groups excluding tert-OH is 1. The van der Waals surface area contributed by atoms with Crippen molar-refractivity contribution in [3.8, 4) is 0 Å². The molecule has 1 aromatic rings. The van der Waals surface area contributed by atoms with Crippen molar-refractivity contribution in [2.45, 2.75) is 32.7 Å². The summed E-state index contributed by atoms with van der Waals surface area (Å²) in [4.78, 5) is 11.8. The predicted octanol–water partition coefficient (Wildman–Crippen LogP) is 2.58. The first-order valence-corrected chi connectivity index (χ1v) is 6.33. The molecule has 98 valence electrons. The minimum absolute atomic E-state index is 0.0310. The molecule has 0 aliphatic heterocycles. The van der Waals surface area contributed by atoms with Crippen molar-refractivity contribution in [1.82, 2.24) is 5.32 Å². The van der Waals surface area contributed by atoms with E-state index < -0.39 is 0 Å². The van der Waals surface area contributed by atoms with Crippen LogP contribution in [0, 0.1) is 0 Å². The lowest BCUT2D eigenvalue weighted by Crippen LogP contribution is -2.25. The molecule has 1 aromatic carbocycles. The van der Waals surface area contributed by atoms with Gasteiger partial charge in [0.05, 0.1) is 12.6 Å². The molecule has 0 saturated carbocycles. The Labute approximate surface area is 109 Å². The van der Waals surface area contributed by atoms with Crippen LogP contribution in [-0.2, 0) is 4.79 Å². The van der Waals surface area contributed by atoms with Crippen LogP contribution >= 0.6 is 0 Å². The van der Waals surface area contributed by atoms with Crippen LogP contribution in [0.3, 0.4) is 0 Å². The Morgan fingerprint density at radius 3 is 2.61 bits per heavy atom. The lowest BCUT2D eigenvalue weighted by molar-refractivity contribution is -0.117. The molecule has 0 aliphatic rings. The highest BCUT2D eigenvalue weighted by Crippen LogP contribution is 2.11. The standard InChI is InChI=1S/C15H21NO2/c1-3-7-13(11-17)10-15(18)16-12(2)14-8-5-4-6-9-14/h4-6,8-10,12,17H,3,7,11H2,1-2H3,(H,16,18)/b13-10+/t12-/m0/s1. The number of carbonyl (C=O) groups excluding carboxylic acids is 1. The number of hydrogen-bond donors (Lipinski definition) is 2. The molecule has 0 fully saturated rings. The zero-order chi connectivity index (χ0) is 13.4. The molecule has 0 aliphatic carbocycles. The van der Waals surface area contributed by atoms with Crippen LogP contribution in [0.2, 0.25) is 0 Å². The molecule has 0 radical (unpaired) electrons. The number of nitrogens with one attached hydrogen (secondary N) is 1. The quantitative estimate of drug-likeness (QED) is 0.759. The molecular weight excluding hydrogens is 226 g/mol. The van der Waals surface area contributed by atoms with Crippen molar-refractivity contribution in [3.05, 3.63) is 47.5 Å². The van der Waals surface area contributed by atoms with Gasteiger partial charge in [0.25, 0.3) is 0 Å². The summed E-state index contributed by atoms with van der Waals surface area (Å²) in [6, 6.07) is 9.77. The molecule has 3 nitrogen and oxygen atoms in total. The van der Waals surface area contributed by atoms with Crippen molar-refractivity contribution in [2.75, 3.05) is 6.61 Å². The van der Waals surface area contributed by atoms with Gasteiger partial charge in [-0.25, -0.2) is 0 Å². The molecule has 1 atom stereocenters. The van der Waals surface area contributed by atoms with Crippen LogP contribution in [0.5, 0.6) is 0 Å². The summed E-state index contributed by atoms with van der Waals surface area (Å²) in [7, 11) is 0. The molecule has 0 bridgehead atoms. The largest absolute Gasteiger partial charge is 0.392 e. The molecular formula is C15H21NO2. The molecule has 2 N–H and O–H groups in total. The van der Waals surface area contributed by atoms with Gasteiger partial charge in [0.1, 0.15) is 0 Å². The summed E-state index contributed by atoms with van der Waals surface area (Å²) in [6.45, 7) is 3.91. The van der Waals surface area contributed by atoms with Crippen LogP contribution in [0.15, 0.2) is 42.0 Å². The van der Waals surface area contributed by atoms with E-state index in [1.54, 1.807) is 0 Å². The maximum Gasteiger partial charge on any atom is 0.244 e. The Balaban J connectivity index is 2.59. The lowest BCUT2D eigenvalue weighted by atomic mass is 10.1. The van der Waals surface area contributed by atoms with Crippen LogP contribution in [-0.4, -0.2) is 17.6 Å². The van der Waals surface area contributed by atoms with E-state index in [0.29, 0.717) is 0 Å². The highest BCUT2D eigenvalue weighted by Gasteiger charge is 2.07. The summed E-state index contributed by atoms with van der Waals surface area (Å²) in [5.41, 5.74) is 1.84. The van der Waals surface area contributed by atoms with E-state index in [4.69, 9.17) is 5.11 Å². The number of rotatable bonds is 6. The third-order valence-corrected chi connectivity index (χ3v) is 2.77. The molecule has 1 rings (SSSR count). The monoisotopic (exact) mass is 247 g/mol. The Kier molecular flexibility index (Phi) is 6.15. The van der Waals surface area contributed by atoms with Crippen molar-refractivity contribution >= 4 is 5.91 Å². The van der Waals surface area contributed by atoms with Gasteiger partial charge < -0.3 is 10.4 Å². The van der Waals surface area contributed by atoms with Crippen LogP contribution in [0.25, 0.3) is 0 Å². The normalized spacial score (nSPS) is 13.2. The first kappa shape index (κ1) is 14.5. The van der Waals surface area contributed by atoms with Gasteiger partial charge in [0.2, 0.25) is 5.91 Å². The van der Waals surface area contributed by atoms with E-state index in [1.807, 2.05) is 44.2 Å². The Hall–Kier alpha value is -1.61. The van der Waals surface area contributed by atoms with Gasteiger partial charge in [-0.2, -0.15) is 0 Å². The van der Waals surface area contributed by atoms with Gasteiger partial charge in [0, 0.05) is 6.08 Å². The van der Waals surface area contributed by atoms with Crippen LogP contribution in [0.4, 0.5) is 0 Å². The zero-order valence-corrected chi connectivity index (χ0v) is 11.0. The highest BCUT2D eigenvalue weighted by atomic mass is 16.3. The molecule has 1 amide bonds. The van der Waals surface area contributed by atoms with E-state index >= 15 is 0 Å². The van der Waals surface area contributed by atoms with Gasteiger partial charge in [0.15, 0.2) is 0 Å². The fourth-order valence-corrected chi connectivity index (χ4v) is 1.78. The fraction of sp³-hybridized carbons (Fsp3) is 0.400. The number of hydrogen-bond acceptors (Lipinski definition) is 2. The average molecular weight is 247 g/mol. The van der Waals surface area contributed by atoms with Crippen molar-refractivity contribution < 1.29 is 9.90 Å². The fourth-order valence-electron chi connectivity index (χ4n) is 1.78. The van der Waals surface area contributed by atoms with E-state index in [1.165, 1.54) is 6.08 Å². The summed E-state index contributed by atoms with van der Waals surface area (Å²) in [5, 5.41) is 12.0. The maximum absolute atomic E-state index is 11.8. The molecule has 0 aromatic heterocycles. The Morgan fingerprint density at radius 2 is 2.06 bits per heavy atom. The number of benzene rings is 1. The maximum atomic E-state index is 11.8. The number of carbonyl (C=O) groups is 1. The number of amides is 1. The van der Waals surface area contributed by atoms with E-state index in [-0.39, 0.29) is 18.6 Å². The summed E-state index contributed by atoms with van der Waals surface area (Å²) in [6.07, 6.45) is 3.18. The highest BCUT2D eigenvalue weighted by molar-refractivity contribution is 5.88. The molecule has 18 heavy (non-hydrogen) atoms. The van der Waals surface area contributed by atoms with Crippen molar-refractivity contribution in [3.63, 3.8) is 0 Å². The van der Waals surface area contributed by atoms with Gasteiger partial charge >= 0.3 is 0 Å². The summed E-state index contributed by atoms with van der Waals surface area (Å²) >= 11 is 0. The summed E-state index contributed by atoms with van der Waals surface area (Å²) < 4.78 is 0. The van der Waals surface area contributed by atoms with Crippen molar-refractivity contribution in [1.29, 1.82) is 0 Å². The molecule has 0 saturated heterocycles. The molecule has 0 unspecified atom stereocenters. The minimum Gasteiger partial charge on any atom is -0.392 e. The van der Waals surface area contributed by atoms with Crippen molar-refractivity contribution in [2.24, 2.45) is 0 Å². The Bertz CT molecular complexity index is 398. The molecule has 0 heterocycles. The van der Waals surface area contributed by atoms with Gasteiger partial charge in [-0.15, -0.1) is 0 Å². The third-order valence-electron chi connectivity index (χ3n) is 2.77. The second-order valence-electron chi connectivity index (χ2n) is 4.35. The first-order valence-electron chi connectivity index (χ1n) is 6.33. The lowest BCUT2D eigenvalue weighted by Gasteiger charge is -2.13. The van der Waals surface area contributed by atoms with Gasteiger partial charge in [-0.1, -0.05) is 43.7 Å². The summed E-state index contributed by atoms with van der Waals surface area (Å²) in [5.74, 6) is -0.149. The minimum atomic E-state index is -0.149. The Morgan fingerprint density at radius 1 is 1.39 bits per heavy atom. The predicted molar refractivity (Wildman–Crippen MR) is 73.1 cm³/mol. The zero-order valence-electron chi connectivity index (χ0n) is 11.0. The average Bonchev–Trinajstić information content (AvgIpc) is 2.39. The van der Waals surface area contributed by atoms with E-state index in [2.05, 4.69) is 5.32 Å². The third kappa shape index (κ3) is 4.72. The molecule has 0 spiro atoms. The van der Waals surface area contributed by atoms with Crippen LogP contribution < -0.4 is 5.32 Å². The second kappa shape index (κ2) is 7.67. The first-order chi connectivity index (χ1) is 8.67. The smallest absolute Gasteiger partial charge is 0.244 e. The SMILES string of the molecule is CCC/C(=C\C(=O)N[C@@H](C)c1ccccc1)CO. The van der Waals surface area contributed by atoms with Gasteiger partial charge in [-0.05, 0) is 24.5 Å². The van der Waals surface area contributed by atoms with Crippen LogP contribution in [0.1, 0.15) is 38.3 Å². The van der Waals surface area contributed by atoms with E-state index in [9.17, 15) is 4.79 Å². The number of aliphatic hydroxyl groups is 1. The molecule has 3 heteroatoms. The second-order valence-corrected chi connectivity index (χ2v) is 4.35. The van der Waals surface area contributed by atoms with Gasteiger partial charge in [-0.3, -0.25) is 4.79 Å². The topological polar surface area (TPSA) is 49.3 Å². The van der Waals surface area contributed by atoms with E-state index in [0.717, 1.165) is 24.0 Å².